The molecule has 2 atom stereocenters. The highest BCUT2D eigenvalue weighted by atomic mass is 32.2. The fourth-order valence-electron chi connectivity index (χ4n) is 2.24. The summed E-state index contributed by atoms with van der Waals surface area (Å²) in [5.74, 6) is 0.640. The van der Waals surface area contributed by atoms with Crippen molar-refractivity contribution in [1.82, 2.24) is 14.8 Å². The van der Waals surface area contributed by atoms with E-state index in [4.69, 9.17) is 4.74 Å². The van der Waals surface area contributed by atoms with Gasteiger partial charge in [-0.2, -0.15) is 0 Å². The number of para-hydroxylation sites is 1. The first-order valence-corrected chi connectivity index (χ1v) is 7.37. The van der Waals surface area contributed by atoms with Crippen LogP contribution in [0.15, 0.2) is 35.5 Å². The molecule has 104 valence electrons. The van der Waals surface area contributed by atoms with Crippen molar-refractivity contribution in [3.05, 3.63) is 36.2 Å². The first-order valence-electron chi connectivity index (χ1n) is 6.50. The van der Waals surface area contributed by atoms with Crippen LogP contribution in [0.2, 0.25) is 0 Å². The van der Waals surface area contributed by atoms with Gasteiger partial charge in [0.25, 0.3) is 0 Å². The van der Waals surface area contributed by atoms with E-state index >= 15 is 0 Å². The molecule has 3 rings (SSSR count). The van der Waals surface area contributed by atoms with Crippen molar-refractivity contribution in [2.45, 2.75) is 36.8 Å². The maximum atomic E-state index is 11.7. The van der Waals surface area contributed by atoms with Crippen molar-refractivity contribution in [3.8, 4) is 5.69 Å². The fourth-order valence-corrected chi connectivity index (χ4v) is 3.44. The van der Waals surface area contributed by atoms with Crippen molar-refractivity contribution in [2.24, 2.45) is 0 Å². The summed E-state index contributed by atoms with van der Waals surface area (Å²) in [6, 6.07) is 9.89. The lowest BCUT2D eigenvalue weighted by molar-refractivity contribution is -0.140. The summed E-state index contributed by atoms with van der Waals surface area (Å²) in [5, 5.41) is 8.83. The van der Waals surface area contributed by atoms with E-state index < -0.39 is 0 Å². The lowest BCUT2D eigenvalue weighted by Gasteiger charge is -2.09. The zero-order valence-corrected chi connectivity index (χ0v) is 12.1. The lowest BCUT2D eigenvalue weighted by atomic mass is 10.3. The van der Waals surface area contributed by atoms with E-state index in [1.54, 1.807) is 0 Å². The van der Waals surface area contributed by atoms with Crippen LogP contribution < -0.4 is 0 Å². The molecule has 0 saturated carbocycles. The first kappa shape index (κ1) is 13.2. The van der Waals surface area contributed by atoms with Crippen LogP contribution >= 0.6 is 11.8 Å². The van der Waals surface area contributed by atoms with Gasteiger partial charge < -0.3 is 4.74 Å². The molecule has 1 saturated heterocycles. The second-order valence-electron chi connectivity index (χ2n) is 4.79. The molecule has 0 unspecified atom stereocenters. The van der Waals surface area contributed by atoms with Crippen LogP contribution in [0.3, 0.4) is 0 Å². The maximum absolute atomic E-state index is 11.7. The van der Waals surface area contributed by atoms with Crippen molar-refractivity contribution in [2.75, 3.05) is 0 Å². The molecule has 1 aromatic carbocycles. The van der Waals surface area contributed by atoms with Gasteiger partial charge >= 0.3 is 5.97 Å². The summed E-state index contributed by atoms with van der Waals surface area (Å²) in [5.41, 5.74) is 0.997. The van der Waals surface area contributed by atoms with Gasteiger partial charge in [0.1, 0.15) is 17.2 Å². The van der Waals surface area contributed by atoms with Crippen molar-refractivity contribution in [3.63, 3.8) is 0 Å². The number of carbonyl (C=O) groups is 1. The summed E-state index contributed by atoms with van der Waals surface area (Å²) >= 11 is 1.42. The number of thioether (sulfide) groups is 1. The monoisotopic (exact) mass is 289 g/mol. The van der Waals surface area contributed by atoms with Gasteiger partial charge in [0, 0.05) is 12.1 Å². The number of carbonyl (C=O) groups excluding carboxylic acids is 1. The minimum Gasteiger partial charge on any atom is -0.462 e. The molecule has 6 heteroatoms. The number of aromatic nitrogens is 3. The second kappa shape index (κ2) is 5.28. The average Bonchev–Trinajstić information content (AvgIpc) is 2.94. The van der Waals surface area contributed by atoms with Crippen molar-refractivity contribution >= 4 is 17.7 Å². The van der Waals surface area contributed by atoms with E-state index in [0.717, 1.165) is 16.7 Å². The Hall–Kier alpha value is -1.82. The molecule has 1 aliphatic rings. The number of esters is 1. The van der Waals surface area contributed by atoms with Gasteiger partial charge in [-0.3, -0.25) is 9.36 Å². The number of hydrogen-bond donors (Lipinski definition) is 0. The van der Waals surface area contributed by atoms with E-state index in [1.165, 1.54) is 11.8 Å². The Morgan fingerprint density at radius 1 is 1.30 bits per heavy atom. The van der Waals surface area contributed by atoms with Crippen LogP contribution in [0.4, 0.5) is 0 Å². The SMILES string of the molecule is Cc1nnc(S[C@@H]2C[C@@H](C)OC2=O)n1-c1ccccc1. The third-order valence-corrected chi connectivity index (χ3v) is 4.33. The molecule has 0 aliphatic carbocycles. The van der Waals surface area contributed by atoms with Crippen molar-refractivity contribution in [1.29, 1.82) is 0 Å². The standard InChI is InChI=1S/C14H15N3O2S/c1-9-8-12(13(18)19-9)20-14-16-15-10(2)17(14)11-6-4-3-5-7-11/h3-7,9,12H,8H2,1-2H3/t9-,12-/m1/s1. The lowest BCUT2D eigenvalue weighted by Crippen LogP contribution is -2.11. The number of hydrogen-bond acceptors (Lipinski definition) is 5. The molecule has 0 bridgehead atoms. The van der Waals surface area contributed by atoms with Crippen LogP contribution in [0.5, 0.6) is 0 Å². The molecule has 5 nitrogen and oxygen atoms in total. The Morgan fingerprint density at radius 2 is 2.05 bits per heavy atom. The minimum atomic E-state index is -0.198. The zero-order chi connectivity index (χ0) is 14.1. The highest BCUT2D eigenvalue weighted by Crippen LogP contribution is 2.32. The Balaban J connectivity index is 1.90. The van der Waals surface area contributed by atoms with E-state index in [-0.39, 0.29) is 17.3 Å². The highest BCUT2D eigenvalue weighted by molar-refractivity contribution is 8.00. The highest BCUT2D eigenvalue weighted by Gasteiger charge is 2.34. The second-order valence-corrected chi connectivity index (χ2v) is 5.96. The van der Waals surface area contributed by atoms with Crippen LogP contribution in [0.1, 0.15) is 19.2 Å². The number of nitrogens with zero attached hydrogens (tertiary/aromatic N) is 3. The molecule has 2 heterocycles. The molecule has 0 radical (unpaired) electrons. The zero-order valence-electron chi connectivity index (χ0n) is 11.3. The van der Waals surface area contributed by atoms with Gasteiger partial charge in [0.2, 0.25) is 0 Å². The Kier molecular flexibility index (Phi) is 3.48. The van der Waals surface area contributed by atoms with Crippen LogP contribution in [-0.2, 0) is 9.53 Å². The van der Waals surface area contributed by atoms with E-state index in [2.05, 4.69) is 10.2 Å². The summed E-state index contributed by atoms with van der Waals surface area (Å²) in [4.78, 5) is 11.7. The molecule has 0 spiro atoms. The van der Waals surface area contributed by atoms with Crippen LogP contribution in [0.25, 0.3) is 5.69 Å². The van der Waals surface area contributed by atoms with Gasteiger partial charge in [0.05, 0.1) is 0 Å². The van der Waals surface area contributed by atoms with Crippen LogP contribution in [-0.4, -0.2) is 32.1 Å². The average molecular weight is 289 g/mol. The van der Waals surface area contributed by atoms with E-state index in [9.17, 15) is 4.79 Å². The van der Waals surface area contributed by atoms with E-state index in [0.29, 0.717) is 6.42 Å². The fraction of sp³-hybridized carbons (Fsp3) is 0.357. The molecule has 2 aromatic rings. The molecule has 0 N–H and O–H groups in total. The predicted octanol–water partition coefficient (Wildman–Crippen LogP) is 2.37. The smallest absolute Gasteiger partial charge is 0.319 e. The molecule has 0 amide bonds. The summed E-state index contributed by atoms with van der Waals surface area (Å²) in [7, 11) is 0. The Bertz CT molecular complexity index is 627. The summed E-state index contributed by atoms with van der Waals surface area (Å²) in [6.45, 7) is 3.81. The largest absolute Gasteiger partial charge is 0.462 e. The Morgan fingerprint density at radius 3 is 2.70 bits per heavy atom. The van der Waals surface area contributed by atoms with Gasteiger partial charge in [-0.15, -0.1) is 10.2 Å². The molecular weight excluding hydrogens is 274 g/mol. The molecular formula is C14H15N3O2S. The van der Waals surface area contributed by atoms with Crippen molar-refractivity contribution < 1.29 is 9.53 Å². The number of benzene rings is 1. The number of aryl methyl sites for hydroxylation is 1. The quantitative estimate of drug-likeness (QED) is 0.812. The third-order valence-electron chi connectivity index (χ3n) is 3.18. The number of cyclic esters (lactones) is 1. The Labute approximate surface area is 121 Å². The molecule has 1 fully saturated rings. The molecule has 1 aliphatic heterocycles. The van der Waals surface area contributed by atoms with Gasteiger partial charge in [-0.25, -0.2) is 0 Å². The molecule has 1 aromatic heterocycles. The number of ether oxygens (including phenoxy) is 1. The van der Waals surface area contributed by atoms with E-state index in [1.807, 2.05) is 48.7 Å². The number of rotatable bonds is 3. The normalized spacial score (nSPS) is 22.0. The van der Waals surface area contributed by atoms with Gasteiger partial charge in [0.15, 0.2) is 5.16 Å². The topological polar surface area (TPSA) is 57.0 Å². The third kappa shape index (κ3) is 2.43. The van der Waals surface area contributed by atoms with Crippen LogP contribution in [0, 0.1) is 6.92 Å². The van der Waals surface area contributed by atoms with Gasteiger partial charge in [-0.1, -0.05) is 30.0 Å². The first-order chi connectivity index (χ1) is 9.65. The summed E-state index contributed by atoms with van der Waals surface area (Å²) < 4.78 is 7.14. The predicted molar refractivity (Wildman–Crippen MR) is 75.9 cm³/mol. The summed E-state index contributed by atoms with van der Waals surface area (Å²) in [6.07, 6.45) is 0.693. The minimum absolute atomic E-state index is 0.0193. The molecule has 20 heavy (non-hydrogen) atoms. The van der Waals surface area contributed by atoms with Gasteiger partial charge in [-0.05, 0) is 26.0 Å². The maximum Gasteiger partial charge on any atom is 0.319 e.